The molecule has 1 aliphatic heterocycles. The number of nitrogens with one attached hydrogen (secondary N) is 2. The molecule has 0 radical (unpaired) electrons. The van der Waals surface area contributed by atoms with Crippen molar-refractivity contribution < 1.29 is 14.3 Å². The van der Waals surface area contributed by atoms with Crippen LogP contribution in [0.5, 0.6) is 0 Å². The first-order valence-corrected chi connectivity index (χ1v) is 12.3. The number of rotatable bonds is 10. The van der Waals surface area contributed by atoms with E-state index in [-0.39, 0.29) is 17.0 Å². The molecular formula is C21H31Cl2N3O3S. The number of carbonyl (C=O) groups is 2. The number of ether oxygens (including phenoxy) is 1. The van der Waals surface area contributed by atoms with Gasteiger partial charge in [0.05, 0.1) is 23.3 Å². The van der Waals surface area contributed by atoms with Gasteiger partial charge in [-0.15, -0.1) is 0 Å². The summed E-state index contributed by atoms with van der Waals surface area (Å²) >= 11 is 13.7. The highest BCUT2D eigenvalue weighted by Gasteiger charge is 2.25. The van der Waals surface area contributed by atoms with Gasteiger partial charge in [-0.25, -0.2) is 0 Å². The first-order chi connectivity index (χ1) is 14.3. The quantitative estimate of drug-likeness (QED) is 0.542. The van der Waals surface area contributed by atoms with Gasteiger partial charge in [0.15, 0.2) is 0 Å². The smallest absolute Gasteiger partial charge is 0.253 e. The molecule has 2 atom stereocenters. The summed E-state index contributed by atoms with van der Waals surface area (Å²) in [6, 6.07) is 4.02. The number of nitrogens with zero attached hydrogens (tertiary/aromatic N) is 1. The summed E-state index contributed by atoms with van der Waals surface area (Å²) in [7, 11) is 0. The molecule has 1 aliphatic rings. The molecule has 2 amide bonds. The van der Waals surface area contributed by atoms with E-state index in [0.29, 0.717) is 36.1 Å². The fourth-order valence-electron chi connectivity index (χ4n) is 3.34. The Balaban J connectivity index is 1.93. The summed E-state index contributed by atoms with van der Waals surface area (Å²) in [6.45, 7) is 8.19. The normalized spacial score (nSPS) is 18.3. The average Bonchev–Trinajstić information content (AvgIpc) is 2.69. The lowest BCUT2D eigenvalue weighted by Gasteiger charge is -2.34. The van der Waals surface area contributed by atoms with E-state index in [1.165, 1.54) is 6.07 Å². The summed E-state index contributed by atoms with van der Waals surface area (Å²) < 4.78 is 5.80. The standard InChI is InChI=1S/C21H31Cl2N3O3S/c1-14(2)12-26-7-8-29-16(13-26)11-24-21(28)19(6-9-30-3)25-20(27)17-5-4-15(22)10-18(17)23/h4-5,10,14,16,19H,6-9,11-13H2,1-3H3,(H,24,28)(H,25,27). The van der Waals surface area contributed by atoms with Crippen LogP contribution in [0.2, 0.25) is 10.0 Å². The minimum Gasteiger partial charge on any atom is -0.374 e. The maximum atomic E-state index is 12.8. The molecule has 0 bridgehead atoms. The molecule has 1 saturated heterocycles. The van der Waals surface area contributed by atoms with E-state index < -0.39 is 11.9 Å². The molecule has 0 aromatic heterocycles. The topological polar surface area (TPSA) is 70.7 Å². The van der Waals surface area contributed by atoms with Crippen LogP contribution in [-0.4, -0.2) is 73.7 Å². The zero-order valence-corrected chi connectivity index (χ0v) is 20.1. The predicted octanol–water partition coefficient (Wildman–Crippen LogP) is 3.32. The Morgan fingerprint density at radius 3 is 2.77 bits per heavy atom. The van der Waals surface area contributed by atoms with Gasteiger partial charge in [0, 0.05) is 31.2 Å². The Bertz CT molecular complexity index is 721. The van der Waals surface area contributed by atoms with Gasteiger partial charge in [0.2, 0.25) is 5.91 Å². The van der Waals surface area contributed by atoms with Crippen molar-refractivity contribution in [1.82, 2.24) is 15.5 Å². The van der Waals surface area contributed by atoms with Gasteiger partial charge in [-0.1, -0.05) is 37.0 Å². The van der Waals surface area contributed by atoms with Crippen LogP contribution in [0.25, 0.3) is 0 Å². The van der Waals surface area contributed by atoms with E-state index in [2.05, 4.69) is 29.4 Å². The van der Waals surface area contributed by atoms with Crippen molar-refractivity contribution in [3.8, 4) is 0 Å². The van der Waals surface area contributed by atoms with Gasteiger partial charge in [-0.3, -0.25) is 14.5 Å². The maximum Gasteiger partial charge on any atom is 0.253 e. The van der Waals surface area contributed by atoms with Gasteiger partial charge in [-0.2, -0.15) is 11.8 Å². The van der Waals surface area contributed by atoms with E-state index in [1.807, 2.05) is 6.26 Å². The first-order valence-electron chi connectivity index (χ1n) is 10.2. The summed E-state index contributed by atoms with van der Waals surface area (Å²) in [5, 5.41) is 6.46. The van der Waals surface area contributed by atoms with Crippen molar-refractivity contribution in [2.24, 2.45) is 5.92 Å². The van der Waals surface area contributed by atoms with Crippen molar-refractivity contribution in [3.05, 3.63) is 33.8 Å². The lowest BCUT2D eigenvalue weighted by molar-refractivity contribution is -0.124. The molecule has 2 rings (SSSR count). The second kappa shape index (κ2) is 12.8. The van der Waals surface area contributed by atoms with Crippen molar-refractivity contribution in [3.63, 3.8) is 0 Å². The van der Waals surface area contributed by atoms with Crippen molar-refractivity contribution >= 4 is 46.8 Å². The van der Waals surface area contributed by atoms with Gasteiger partial charge >= 0.3 is 0 Å². The highest BCUT2D eigenvalue weighted by Crippen LogP contribution is 2.21. The van der Waals surface area contributed by atoms with Crippen LogP contribution in [0.3, 0.4) is 0 Å². The molecule has 30 heavy (non-hydrogen) atoms. The molecule has 1 aromatic rings. The molecule has 0 aliphatic carbocycles. The van der Waals surface area contributed by atoms with Crippen LogP contribution in [-0.2, 0) is 9.53 Å². The molecule has 1 aromatic carbocycles. The molecule has 1 heterocycles. The third-order valence-electron chi connectivity index (χ3n) is 4.76. The Hall–Kier alpha value is -0.990. The van der Waals surface area contributed by atoms with E-state index >= 15 is 0 Å². The summed E-state index contributed by atoms with van der Waals surface area (Å²) in [5.74, 6) is 0.723. The zero-order chi connectivity index (χ0) is 22.1. The molecular weight excluding hydrogens is 445 g/mol. The molecule has 0 saturated carbocycles. The van der Waals surface area contributed by atoms with Crippen LogP contribution in [0.15, 0.2) is 18.2 Å². The number of thioether (sulfide) groups is 1. The van der Waals surface area contributed by atoms with Crippen LogP contribution in [0.1, 0.15) is 30.6 Å². The molecule has 9 heteroatoms. The molecule has 168 valence electrons. The minimum atomic E-state index is -0.646. The number of morpholine rings is 1. The summed E-state index contributed by atoms with van der Waals surface area (Å²) in [4.78, 5) is 27.8. The van der Waals surface area contributed by atoms with Crippen molar-refractivity contribution in [2.75, 3.05) is 44.8 Å². The highest BCUT2D eigenvalue weighted by molar-refractivity contribution is 7.98. The Labute approximate surface area is 193 Å². The number of benzene rings is 1. The highest BCUT2D eigenvalue weighted by atomic mass is 35.5. The fraction of sp³-hybridized carbons (Fsp3) is 0.619. The van der Waals surface area contributed by atoms with Gasteiger partial charge < -0.3 is 15.4 Å². The maximum absolute atomic E-state index is 12.8. The minimum absolute atomic E-state index is 0.0518. The Morgan fingerprint density at radius 2 is 2.10 bits per heavy atom. The Kier molecular flexibility index (Phi) is 10.8. The van der Waals surface area contributed by atoms with Crippen LogP contribution >= 0.6 is 35.0 Å². The predicted molar refractivity (Wildman–Crippen MR) is 125 cm³/mol. The third-order valence-corrected chi connectivity index (χ3v) is 5.95. The van der Waals surface area contributed by atoms with E-state index in [1.54, 1.807) is 23.9 Å². The lowest BCUT2D eigenvalue weighted by Crippen LogP contribution is -2.52. The summed E-state index contributed by atoms with van der Waals surface area (Å²) in [6.07, 6.45) is 2.44. The average molecular weight is 476 g/mol. The molecule has 1 fully saturated rings. The largest absolute Gasteiger partial charge is 0.374 e. The van der Waals surface area contributed by atoms with Crippen LogP contribution in [0, 0.1) is 5.92 Å². The molecule has 2 N–H and O–H groups in total. The van der Waals surface area contributed by atoms with Crippen LogP contribution in [0.4, 0.5) is 0 Å². The van der Waals surface area contributed by atoms with Crippen LogP contribution < -0.4 is 10.6 Å². The second-order valence-electron chi connectivity index (χ2n) is 7.82. The first kappa shape index (κ1) is 25.3. The number of carbonyl (C=O) groups excluding carboxylic acids is 2. The van der Waals surface area contributed by atoms with E-state index in [0.717, 1.165) is 25.4 Å². The molecule has 2 unspecified atom stereocenters. The van der Waals surface area contributed by atoms with Crippen molar-refractivity contribution in [2.45, 2.75) is 32.4 Å². The summed E-state index contributed by atoms with van der Waals surface area (Å²) in [5.41, 5.74) is 0.294. The SMILES string of the molecule is CSCCC(NC(=O)c1ccc(Cl)cc1Cl)C(=O)NCC1CN(CC(C)C)CCO1. The van der Waals surface area contributed by atoms with E-state index in [4.69, 9.17) is 27.9 Å². The fourth-order valence-corrected chi connectivity index (χ4v) is 4.30. The molecule has 6 nitrogen and oxygen atoms in total. The number of amides is 2. The number of halogens is 2. The Morgan fingerprint density at radius 1 is 1.33 bits per heavy atom. The van der Waals surface area contributed by atoms with Gasteiger partial charge in [-0.05, 0) is 42.5 Å². The van der Waals surface area contributed by atoms with Gasteiger partial charge in [0.25, 0.3) is 5.91 Å². The zero-order valence-electron chi connectivity index (χ0n) is 17.7. The van der Waals surface area contributed by atoms with Crippen molar-refractivity contribution in [1.29, 1.82) is 0 Å². The third kappa shape index (κ3) is 8.27. The van der Waals surface area contributed by atoms with E-state index in [9.17, 15) is 9.59 Å². The van der Waals surface area contributed by atoms with Gasteiger partial charge in [0.1, 0.15) is 6.04 Å². The second-order valence-corrected chi connectivity index (χ2v) is 9.65. The monoisotopic (exact) mass is 475 g/mol. The lowest BCUT2D eigenvalue weighted by atomic mass is 10.1. The number of hydrogen-bond acceptors (Lipinski definition) is 5. The number of hydrogen-bond donors (Lipinski definition) is 2. The molecule has 0 spiro atoms.